The Morgan fingerprint density at radius 3 is 2.45 bits per heavy atom. The molecule has 1 amide bonds. The van der Waals surface area contributed by atoms with Crippen molar-refractivity contribution in [1.82, 2.24) is 0 Å². The summed E-state index contributed by atoms with van der Waals surface area (Å²) in [5.41, 5.74) is 3.91. The first-order valence-electron chi connectivity index (χ1n) is 6.66. The maximum absolute atomic E-state index is 12.4. The summed E-state index contributed by atoms with van der Waals surface area (Å²) in [6.45, 7) is 6.30. The molecule has 1 N–H and O–H groups in total. The van der Waals surface area contributed by atoms with Crippen molar-refractivity contribution >= 4 is 34.2 Å². The molecule has 3 heteroatoms. The summed E-state index contributed by atoms with van der Waals surface area (Å²) < 4.78 is 0.960. The van der Waals surface area contributed by atoms with E-state index in [2.05, 4.69) is 47.8 Å². The summed E-state index contributed by atoms with van der Waals surface area (Å²) in [5.74, 6) is 0.325. The summed E-state index contributed by atoms with van der Waals surface area (Å²) in [7, 11) is 0. The first-order valence-corrected chi connectivity index (χ1v) is 7.74. The quantitative estimate of drug-likeness (QED) is 0.750. The number of carbonyl (C=O) groups excluding carboxylic acids is 1. The predicted molar refractivity (Wildman–Crippen MR) is 92.4 cm³/mol. The van der Waals surface area contributed by atoms with Gasteiger partial charge in [0, 0.05) is 9.26 Å². The Kier molecular flexibility index (Phi) is 4.81. The van der Waals surface area contributed by atoms with Crippen LogP contribution in [0.25, 0.3) is 0 Å². The van der Waals surface area contributed by atoms with Crippen LogP contribution in [0.15, 0.2) is 42.5 Å². The van der Waals surface area contributed by atoms with Crippen LogP contribution in [0, 0.1) is 10.5 Å². The fraction of sp³-hybridized carbons (Fsp3) is 0.235. The van der Waals surface area contributed by atoms with E-state index >= 15 is 0 Å². The van der Waals surface area contributed by atoms with Gasteiger partial charge in [-0.1, -0.05) is 44.2 Å². The number of para-hydroxylation sites is 1. The van der Waals surface area contributed by atoms with Crippen molar-refractivity contribution in [3.8, 4) is 0 Å². The Morgan fingerprint density at radius 2 is 1.80 bits per heavy atom. The second-order valence-corrected chi connectivity index (χ2v) is 6.29. The molecule has 0 bridgehead atoms. The Bertz CT molecular complexity index is 635. The predicted octanol–water partition coefficient (Wildman–Crippen LogP) is 4.98. The number of rotatable bonds is 3. The molecule has 20 heavy (non-hydrogen) atoms. The van der Waals surface area contributed by atoms with Gasteiger partial charge < -0.3 is 5.32 Å². The molecule has 2 nitrogen and oxygen atoms in total. The average Bonchev–Trinajstić information content (AvgIpc) is 2.41. The summed E-state index contributed by atoms with van der Waals surface area (Å²) in [6.07, 6.45) is 0. The largest absolute Gasteiger partial charge is 0.321 e. The standard InChI is InChI=1S/C17H18INO/c1-11(2)13-9-6-7-12(3)16(13)19-17(20)14-8-4-5-10-15(14)18/h4-11H,1-3H3,(H,19,20). The highest BCUT2D eigenvalue weighted by Gasteiger charge is 2.14. The van der Waals surface area contributed by atoms with Crippen LogP contribution in [-0.2, 0) is 0 Å². The van der Waals surface area contributed by atoms with Crippen molar-refractivity contribution in [2.75, 3.05) is 5.32 Å². The number of hydrogen-bond acceptors (Lipinski definition) is 1. The summed E-state index contributed by atoms with van der Waals surface area (Å²) in [4.78, 5) is 12.4. The molecule has 0 aliphatic carbocycles. The number of benzene rings is 2. The molecule has 0 radical (unpaired) electrons. The van der Waals surface area contributed by atoms with E-state index in [9.17, 15) is 4.79 Å². The number of carbonyl (C=O) groups is 1. The molecule has 0 atom stereocenters. The van der Waals surface area contributed by atoms with Crippen LogP contribution in [0.1, 0.15) is 41.3 Å². The minimum atomic E-state index is -0.0498. The lowest BCUT2D eigenvalue weighted by Crippen LogP contribution is -2.16. The second kappa shape index (κ2) is 6.39. The van der Waals surface area contributed by atoms with Crippen LogP contribution in [0.2, 0.25) is 0 Å². The molecular weight excluding hydrogens is 361 g/mol. The molecule has 0 fully saturated rings. The number of hydrogen-bond donors (Lipinski definition) is 1. The normalized spacial score (nSPS) is 10.7. The first-order chi connectivity index (χ1) is 9.50. The van der Waals surface area contributed by atoms with Crippen molar-refractivity contribution in [2.24, 2.45) is 0 Å². The van der Waals surface area contributed by atoms with E-state index in [1.54, 1.807) is 0 Å². The lowest BCUT2D eigenvalue weighted by Gasteiger charge is -2.16. The highest BCUT2D eigenvalue weighted by molar-refractivity contribution is 14.1. The smallest absolute Gasteiger partial charge is 0.256 e. The molecule has 0 aliphatic heterocycles. The minimum Gasteiger partial charge on any atom is -0.321 e. The van der Waals surface area contributed by atoms with E-state index in [0.29, 0.717) is 11.5 Å². The molecule has 0 aliphatic rings. The molecule has 2 aromatic rings. The van der Waals surface area contributed by atoms with Crippen LogP contribution in [-0.4, -0.2) is 5.91 Å². The van der Waals surface area contributed by atoms with Crippen molar-refractivity contribution < 1.29 is 4.79 Å². The highest BCUT2D eigenvalue weighted by Crippen LogP contribution is 2.28. The Morgan fingerprint density at radius 1 is 1.10 bits per heavy atom. The zero-order valence-electron chi connectivity index (χ0n) is 11.9. The van der Waals surface area contributed by atoms with Crippen molar-refractivity contribution in [3.63, 3.8) is 0 Å². The maximum Gasteiger partial charge on any atom is 0.256 e. The van der Waals surface area contributed by atoms with Crippen LogP contribution in [0.3, 0.4) is 0 Å². The van der Waals surface area contributed by atoms with Crippen molar-refractivity contribution in [3.05, 3.63) is 62.7 Å². The lowest BCUT2D eigenvalue weighted by atomic mass is 9.98. The van der Waals surface area contributed by atoms with Gasteiger partial charge in [0.15, 0.2) is 0 Å². The zero-order chi connectivity index (χ0) is 14.7. The van der Waals surface area contributed by atoms with Gasteiger partial charge in [-0.05, 0) is 58.7 Å². The molecule has 0 spiro atoms. The van der Waals surface area contributed by atoms with Gasteiger partial charge in [-0.2, -0.15) is 0 Å². The maximum atomic E-state index is 12.4. The average molecular weight is 379 g/mol. The molecule has 0 heterocycles. The SMILES string of the molecule is Cc1cccc(C(C)C)c1NC(=O)c1ccccc1I. The topological polar surface area (TPSA) is 29.1 Å². The fourth-order valence-corrected chi connectivity index (χ4v) is 2.80. The van der Waals surface area contributed by atoms with Crippen molar-refractivity contribution in [1.29, 1.82) is 0 Å². The molecule has 0 unspecified atom stereocenters. The van der Waals surface area contributed by atoms with Crippen LogP contribution < -0.4 is 5.32 Å². The van der Waals surface area contributed by atoms with Gasteiger partial charge in [-0.15, -0.1) is 0 Å². The monoisotopic (exact) mass is 379 g/mol. The van der Waals surface area contributed by atoms with E-state index in [1.165, 1.54) is 5.56 Å². The zero-order valence-corrected chi connectivity index (χ0v) is 14.1. The van der Waals surface area contributed by atoms with Gasteiger partial charge in [0.25, 0.3) is 5.91 Å². The molecule has 0 aromatic heterocycles. The van der Waals surface area contributed by atoms with Gasteiger partial charge >= 0.3 is 0 Å². The lowest BCUT2D eigenvalue weighted by molar-refractivity contribution is 0.102. The van der Waals surface area contributed by atoms with Gasteiger partial charge in [-0.3, -0.25) is 4.79 Å². The van der Waals surface area contributed by atoms with Crippen LogP contribution in [0.4, 0.5) is 5.69 Å². The van der Waals surface area contributed by atoms with Gasteiger partial charge in [-0.25, -0.2) is 0 Å². The Balaban J connectivity index is 2.36. The van der Waals surface area contributed by atoms with Gasteiger partial charge in [0.1, 0.15) is 0 Å². The number of halogens is 1. The molecule has 0 saturated carbocycles. The number of anilines is 1. The molecule has 0 saturated heterocycles. The summed E-state index contributed by atoms with van der Waals surface area (Å²) >= 11 is 2.19. The third-order valence-corrected chi connectivity index (χ3v) is 4.22. The third-order valence-electron chi connectivity index (χ3n) is 3.28. The molecule has 2 rings (SSSR count). The number of nitrogens with one attached hydrogen (secondary N) is 1. The highest BCUT2D eigenvalue weighted by atomic mass is 127. The Hall–Kier alpha value is -1.36. The van der Waals surface area contributed by atoms with Crippen LogP contribution in [0.5, 0.6) is 0 Å². The molecule has 2 aromatic carbocycles. The summed E-state index contributed by atoms with van der Waals surface area (Å²) in [5, 5.41) is 3.07. The molecule has 104 valence electrons. The van der Waals surface area contributed by atoms with Crippen molar-refractivity contribution in [2.45, 2.75) is 26.7 Å². The van der Waals surface area contributed by atoms with Gasteiger partial charge in [0.2, 0.25) is 0 Å². The van der Waals surface area contributed by atoms with E-state index in [0.717, 1.165) is 14.8 Å². The first kappa shape index (κ1) is 15.0. The minimum absolute atomic E-state index is 0.0498. The van der Waals surface area contributed by atoms with E-state index in [-0.39, 0.29) is 5.91 Å². The fourth-order valence-electron chi connectivity index (χ4n) is 2.17. The number of amides is 1. The second-order valence-electron chi connectivity index (χ2n) is 5.13. The van der Waals surface area contributed by atoms with E-state index in [1.807, 2.05) is 43.3 Å². The van der Waals surface area contributed by atoms with E-state index in [4.69, 9.17) is 0 Å². The molecular formula is C17H18INO. The van der Waals surface area contributed by atoms with Gasteiger partial charge in [0.05, 0.1) is 5.56 Å². The van der Waals surface area contributed by atoms with Crippen LogP contribution >= 0.6 is 22.6 Å². The van der Waals surface area contributed by atoms with E-state index < -0.39 is 0 Å². The number of aryl methyl sites for hydroxylation is 1. The summed E-state index contributed by atoms with van der Waals surface area (Å²) in [6, 6.07) is 13.7. The Labute approximate surface area is 133 Å². The third kappa shape index (κ3) is 3.20.